The molecule has 0 saturated heterocycles. The van der Waals surface area contributed by atoms with Crippen molar-refractivity contribution in [1.82, 2.24) is 4.98 Å². The number of aromatic nitrogens is 1. The van der Waals surface area contributed by atoms with Crippen LogP contribution in [0.5, 0.6) is 17.2 Å². The van der Waals surface area contributed by atoms with Crippen LogP contribution in [-0.2, 0) is 6.42 Å². The summed E-state index contributed by atoms with van der Waals surface area (Å²) in [7, 11) is 1.58. The lowest BCUT2D eigenvalue weighted by Gasteiger charge is -2.17. The van der Waals surface area contributed by atoms with Gasteiger partial charge in [0.2, 0.25) is 0 Å². The summed E-state index contributed by atoms with van der Waals surface area (Å²) < 4.78 is 11.3. The quantitative estimate of drug-likeness (QED) is 0.908. The molecule has 2 aromatic rings. The van der Waals surface area contributed by atoms with E-state index in [1.807, 2.05) is 44.2 Å². The maximum Gasteiger partial charge on any atom is 0.148 e. The normalized spacial score (nSPS) is 12.0. The lowest BCUT2D eigenvalue weighted by Crippen LogP contribution is -2.02. The lowest BCUT2D eigenvalue weighted by atomic mass is 10.1. The molecule has 0 saturated carbocycles. The fourth-order valence-corrected chi connectivity index (χ4v) is 2.27. The van der Waals surface area contributed by atoms with E-state index in [0.717, 1.165) is 17.8 Å². The van der Waals surface area contributed by atoms with E-state index in [1.54, 1.807) is 14.0 Å². The maximum absolute atomic E-state index is 9.99. The SMILES string of the molecule is CCc1nc(C)ccc1Oc1cccc(OC)c1[C@@H](C)O. The van der Waals surface area contributed by atoms with E-state index in [1.165, 1.54) is 0 Å². The zero-order chi connectivity index (χ0) is 15.4. The second-order valence-corrected chi connectivity index (χ2v) is 4.90. The molecule has 4 heteroatoms. The molecule has 0 fully saturated rings. The predicted octanol–water partition coefficient (Wildman–Crippen LogP) is 3.81. The van der Waals surface area contributed by atoms with Gasteiger partial charge in [-0.15, -0.1) is 0 Å². The van der Waals surface area contributed by atoms with Crippen molar-refractivity contribution in [3.63, 3.8) is 0 Å². The van der Waals surface area contributed by atoms with Gasteiger partial charge in [0, 0.05) is 5.69 Å². The van der Waals surface area contributed by atoms with Gasteiger partial charge >= 0.3 is 0 Å². The molecule has 0 unspecified atom stereocenters. The van der Waals surface area contributed by atoms with Gasteiger partial charge in [0.05, 0.1) is 24.5 Å². The Kier molecular flexibility index (Phi) is 4.81. The van der Waals surface area contributed by atoms with Crippen molar-refractivity contribution in [3.8, 4) is 17.2 Å². The Morgan fingerprint density at radius 2 is 1.86 bits per heavy atom. The minimum atomic E-state index is -0.681. The van der Waals surface area contributed by atoms with E-state index in [0.29, 0.717) is 22.8 Å². The summed E-state index contributed by atoms with van der Waals surface area (Å²) in [5.74, 6) is 1.91. The van der Waals surface area contributed by atoms with Gasteiger partial charge in [-0.2, -0.15) is 0 Å². The molecule has 4 nitrogen and oxygen atoms in total. The van der Waals surface area contributed by atoms with Crippen LogP contribution < -0.4 is 9.47 Å². The summed E-state index contributed by atoms with van der Waals surface area (Å²) in [6.07, 6.45) is 0.102. The Morgan fingerprint density at radius 1 is 1.14 bits per heavy atom. The molecule has 1 atom stereocenters. The van der Waals surface area contributed by atoms with Crippen LogP contribution in [0.2, 0.25) is 0 Å². The molecular weight excluding hydrogens is 266 g/mol. The first-order valence-corrected chi connectivity index (χ1v) is 7.06. The first kappa shape index (κ1) is 15.3. The van der Waals surface area contributed by atoms with Crippen LogP contribution >= 0.6 is 0 Å². The smallest absolute Gasteiger partial charge is 0.148 e. The van der Waals surface area contributed by atoms with E-state index >= 15 is 0 Å². The fourth-order valence-electron chi connectivity index (χ4n) is 2.27. The number of pyridine rings is 1. The van der Waals surface area contributed by atoms with Crippen LogP contribution in [0.3, 0.4) is 0 Å². The number of hydrogen-bond donors (Lipinski definition) is 1. The van der Waals surface area contributed by atoms with Gasteiger partial charge in [0.1, 0.15) is 17.2 Å². The summed E-state index contributed by atoms with van der Waals surface area (Å²) in [6, 6.07) is 9.30. The van der Waals surface area contributed by atoms with E-state index in [2.05, 4.69) is 4.98 Å². The van der Waals surface area contributed by atoms with Gasteiger partial charge in [-0.25, -0.2) is 0 Å². The highest BCUT2D eigenvalue weighted by Gasteiger charge is 2.17. The van der Waals surface area contributed by atoms with Gasteiger partial charge in [0.25, 0.3) is 0 Å². The highest BCUT2D eigenvalue weighted by molar-refractivity contribution is 5.48. The van der Waals surface area contributed by atoms with Gasteiger partial charge in [-0.05, 0) is 44.5 Å². The minimum Gasteiger partial charge on any atom is -0.496 e. The van der Waals surface area contributed by atoms with Crippen LogP contribution in [-0.4, -0.2) is 17.2 Å². The molecule has 0 bridgehead atoms. The average molecular weight is 287 g/mol. The number of benzene rings is 1. The van der Waals surface area contributed by atoms with E-state index in [4.69, 9.17) is 9.47 Å². The Hall–Kier alpha value is -2.07. The zero-order valence-corrected chi connectivity index (χ0v) is 12.9. The van der Waals surface area contributed by atoms with E-state index in [-0.39, 0.29) is 0 Å². The third-order valence-electron chi connectivity index (χ3n) is 3.29. The van der Waals surface area contributed by atoms with Gasteiger partial charge in [-0.3, -0.25) is 4.98 Å². The zero-order valence-electron chi connectivity index (χ0n) is 12.9. The Labute approximate surface area is 125 Å². The molecule has 1 heterocycles. The second kappa shape index (κ2) is 6.59. The Balaban J connectivity index is 2.44. The van der Waals surface area contributed by atoms with Crippen molar-refractivity contribution in [3.05, 3.63) is 47.3 Å². The average Bonchev–Trinajstić information content (AvgIpc) is 2.48. The minimum absolute atomic E-state index is 0.588. The molecule has 21 heavy (non-hydrogen) atoms. The first-order valence-electron chi connectivity index (χ1n) is 7.06. The summed E-state index contributed by atoms with van der Waals surface area (Å²) in [5, 5.41) is 9.99. The second-order valence-electron chi connectivity index (χ2n) is 4.90. The Morgan fingerprint density at radius 3 is 2.48 bits per heavy atom. The number of ether oxygens (including phenoxy) is 2. The maximum atomic E-state index is 9.99. The highest BCUT2D eigenvalue weighted by Crippen LogP contribution is 2.37. The molecular formula is C17H21NO3. The molecule has 1 aromatic heterocycles. The molecule has 1 aromatic carbocycles. The molecule has 0 amide bonds. The number of aryl methyl sites for hydroxylation is 2. The van der Waals surface area contributed by atoms with Crippen molar-refractivity contribution in [2.75, 3.05) is 7.11 Å². The lowest BCUT2D eigenvalue weighted by molar-refractivity contribution is 0.190. The number of rotatable bonds is 5. The van der Waals surface area contributed by atoms with E-state index in [9.17, 15) is 5.11 Å². The van der Waals surface area contributed by atoms with Crippen LogP contribution in [0, 0.1) is 6.92 Å². The van der Waals surface area contributed by atoms with Gasteiger partial charge in [0.15, 0.2) is 0 Å². The van der Waals surface area contributed by atoms with Crippen molar-refractivity contribution >= 4 is 0 Å². The fraction of sp³-hybridized carbons (Fsp3) is 0.353. The van der Waals surface area contributed by atoms with Gasteiger partial charge < -0.3 is 14.6 Å². The molecule has 1 N–H and O–H groups in total. The number of aliphatic hydroxyl groups is 1. The number of methoxy groups -OCH3 is 1. The van der Waals surface area contributed by atoms with Crippen LogP contribution in [0.1, 0.15) is 36.9 Å². The van der Waals surface area contributed by atoms with Crippen molar-refractivity contribution in [1.29, 1.82) is 0 Å². The summed E-state index contributed by atoms with van der Waals surface area (Å²) in [5.41, 5.74) is 2.50. The van der Waals surface area contributed by atoms with E-state index < -0.39 is 6.10 Å². The Bertz CT molecular complexity index is 623. The molecule has 0 aliphatic rings. The van der Waals surface area contributed by atoms with Crippen LogP contribution in [0.15, 0.2) is 30.3 Å². The number of hydrogen-bond acceptors (Lipinski definition) is 4. The highest BCUT2D eigenvalue weighted by atomic mass is 16.5. The molecule has 2 rings (SSSR count). The number of nitrogens with zero attached hydrogens (tertiary/aromatic N) is 1. The van der Waals surface area contributed by atoms with Crippen LogP contribution in [0.4, 0.5) is 0 Å². The molecule has 0 aliphatic heterocycles. The molecule has 0 aliphatic carbocycles. The van der Waals surface area contributed by atoms with Gasteiger partial charge in [-0.1, -0.05) is 13.0 Å². The third kappa shape index (κ3) is 3.34. The third-order valence-corrected chi connectivity index (χ3v) is 3.29. The largest absolute Gasteiger partial charge is 0.496 e. The standard InChI is InChI=1S/C17H21NO3/c1-5-13-14(10-9-11(2)18-13)21-16-8-6-7-15(20-4)17(16)12(3)19/h6-10,12,19H,5H2,1-4H3/t12-/m1/s1. The molecule has 0 spiro atoms. The molecule has 112 valence electrons. The predicted molar refractivity (Wildman–Crippen MR) is 82.1 cm³/mol. The topological polar surface area (TPSA) is 51.6 Å². The van der Waals surface area contributed by atoms with Crippen LogP contribution in [0.25, 0.3) is 0 Å². The summed E-state index contributed by atoms with van der Waals surface area (Å²) in [4.78, 5) is 4.49. The molecule has 0 radical (unpaired) electrons. The van der Waals surface area contributed by atoms with Crippen molar-refractivity contribution in [2.45, 2.75) is 33.3 Å². The monoisotopic (exact) mass is 287 g/mol. The number of aliphatic hydroxyl groups excluding tert-OH is 1. The summed E-state index contributed by atoms with van der Waals surface area (Å²) in [6.45, 7) is 5.68. The summed E-state index contributed by atoms with van der Waals surface area (Å²) >= 11 is 0. The van der Waals surface area contributed by atoms with Crippen molar-refractivity contribution < 1.29 is 14.6 Å². The van der Waals surface area contributed by atoms with Crippen molar-refractivity contribution in [2.24, 2.45) is 0 Å². The first-order chi connectivity index (χ1) is 10.1.